The molecule has 0 aromatic heterocycles. The van der Waals surface area contributed by atoms with E-state index >= 15 is 0 Å². The summed E-state index contributed by atoms with van der Waals surface area (Å²) < 4.78 is 31.4. The number of aliphatic hydroxyl groups is 1. The van der Waals surface area contributed by atoms with Crippen LogP contribution in [-0.2, 0) is 14.8 Å². The van der Waals surface area contributed by atoms with E-state index in [0.29, 0.717) is 12.8 Å². The van der Waals surface area contributed by atoms with Gasteiger partial charge in [0.25, 0.3) is 0 Å². The van der Waals surface area contributed by atoms with Gasteiger partial charge in [0, 0.05) is 6.54 Å². The molecule has 1 aromatic carbocycles. The van der Waals surface area contributed by atoms with Crippen molar-refractivity contribution in [2.24, 2.45) is 0 Å². The number of esters is 1. The molecule has 2 rings (SSSR count). The van der Waals surface area contributed by atoms with Crippen LogP contribution in [0.2, 0.25) is 0 Å². The van der Waals surface area contributed by atoms with Gasteiger partial charge in [0.05, 0.1) is 23.2 Å². The second kappa shape index (κ2) is 6.13. The van der Waals surface area contributed by atoms with Gasteiger partial charge in [0.1, 0.15) is 0 Å². The minimum atomic E-state index is -3.77. The molecule has 0 radical (unpaired) electrons. The van der Waals surface area contributed by atoms with Crippen LogP contribution in [0.3, 0.4) is 0 Å². The summed E-state index contributed by atoms with van der Waals surface area (Å²) >= 11 is 0. The van der Waals surface area contributed by atoms with Gasteiger partial charge >= 0.3 is 5.97 Å². The molecule has 0 aliphatic heterocycles. The Morgan fingerprint density at radius 1 is 1.38 bits per heavy atom. The lowest BCUT2D eigenvalue weighted by atomic mass is 10.0. The number of carbonyl (C=O) groups is 1. The van der Waals surface area contributed by atoms with Gasteiger partial charge in [-0.2, -0.15) is 0 Å². The van der Waals surface area contributed by atoms with Gasteiger partial charge in [-0.05, 0) is 31.0 Å². The normalized spacial score (nSPS) is 17.6. The molecule has 0 bridgehead atoms. The molecule has 7 heteroatoms. The first-order valence-corrected chi connectivity index (χ1v) is 8.25. The Morgan fingerprint density at radius 3 is 2.67 bits per heavy atom. The van der Waals surface area contributed by atoms with E-state index in [0.717, 1.165) is 12.8 Å². The van der Waals surface area contributed by atoms with Crippen molar-refractivity contribution in [3.63, 3.8) is 0 Å². The van der Waals surface area contributed by atoms with Crippen molar-refractivity contribution < 1.29 is 23.1 Å². The molecule has 1 aliphatic rings. The molecule has 21 heavy (non-hydrogen) atoms. The molecule has 0 saturated heterocycles. The summed E-state index contributed by atoms with van der Waals surface area (Å²) in [5.74, 6) is -0.596. The predicted molar refractivity (Wildman–Crippen MR) is 76.4 cm³/mol. The zero-order valence-corrected chi connectivity index (χ0v) is 12.6. The standard InChI is InChI=1S/C14H19NO5S/c1-20-13(16)11-5-4-6-12(9-11)21(18,19)15-10-14(17)7-2-3-8-14/h4-6,9,15,17H,2-3,7-8,10H2,1H3. The smallest absolute Gasteiger partial charge is 0.337 e. The van der Waals surface area contributed by atoms with E-state index < -0.39 is 21.6 Å². The molecule has 0 heterocycles. The second-order valence-corrected chi connectivity index (χ2v) is 7.04. The van der Waals surface area contributed by atoms with Crippen LogP contribution < -0.4 is 4.72 Å². The number of benzene rings is 1. The highest BCUT2D eigenvalue weighted by atomic mass is 32.2. The fraction of sp³-hybridized carbons (Fsp3) is 0.500. The molecule has 1 saturated carbocycles. The maximum absolute atomic E-state index is 12.2. The topological polar surface area (TPSA) is 92.7 Å². The zero-order chi connectivity index (χ0) is 15.5. The fourth-order valence-corrected chi connectivity index (χ4v) is 3.60. The second-order valence-electron chi connectivity index (χ2n) is 5.28. The first kappa shape index (κ1) is 15.9. The molecular formula is C14H19NO5S. The van der Waals surface area contributed by atoms with Crippen LogP contribution in [0.5, 0.6) is 0 Å². The Labute approximate surface area is 124 Å². The highest BCUT2D eigenvalue weighted by molar-refractivity contribution is 7.89. The monoisotopic (exact) mass is 313 g/mol. The number of hydrogen-bond acceptors (Lipinski definition) is 5. The first-order valence-electron chi connectivity index (χ1n) is 6.77. The molecule has 2 N–H and O–H groups in total. The maximum Gasteiger partial charge on any atom is 0.337 e. The lowest BCUT2D eigenvalue weighted by Gasteiger charge is -2.22. The van der Waals surface area contributed by atoms with Crippen LogP contribution in [0.15, 0.2) is 29.2 Å². The van der Waals surface area contributed by atoms with Crippen LogP contribution in [0, 0.1) is 0 Å². The number of hydrogen-bond donors (Lipinski definition) is 2. The molecule has 1 aromatic rings. The first-order chi connectivity index (χ1) is 9.86. The summed E-state index contributed by atoms with van der Waals surface area (Å²) in [6.07, 6.45) is 2.99. The predicted octanol–water partition coefficient (Wildman–Crippen LogP) is 1.06. The van der Waals surface area contributed by atoms with E-state index in [2.05, 4.69) is 9.46 Å². The Kier molecular flexibility index (Phi) is 4.65. The van der Waals surface area contributed by atoms with Gasteiger partial charge in [-0.25, -0.2) is 17.9 Å². The van der Waals surface area contributed by atoms with E-state index in [1.807, 2.05) is 0 Å². The third-order valence-corrected chi connectivity index (χ3v) is 5.09. The SMILES string of the molecule is COC(=O)c1cccc(S(=O)(=O)NCC2(O)CCCC2)c1. The van der Waals surface area contributed by atoms with Crippen molar-refractivity contribution in [1.29, 1.82) is 0 Å². The van der Waals surface area contributed by atoms with Crippen molar-refractivity contribution in [2.75, 3.05) is 13.7 Å². The number of nitrogens with one attached hydrogen (secondary N) is 1. The van der Waals surface area contributed by atoms with Gasteiger partial charge in [0.15, 0.2) is 0 Å². The van der Waals surface area contributed by atoms with Crippen LogP contribution in [0.1, 0.15) is 36.0 Å². The summed E-state index contributed by atoms with van der Waals surface area (Å²) in [4.78, 5) is 11.4. The number of sulfonamides is 1. The van der Waals surface area contributed by atoms with E-state index in [9.17, 15) is 18.3 Å². The van der Waals surface area contributed by atoms with E-state index in [1.165, 1.54) is 31.4 Å². The van der Waals surface area contributed by atoms with Crippen LogP contribution in [-0.4, -0.2) is 38.7 Å². The summed E-state index contributed by atoms with van der Waals surface area (Å²) in [7, 11) is -2.53. The Bertz CT molecular complexity index is 620. The summed E-state index contributed by atoms with van der Waals surface area (Å²) in [5.41, 5.74) is -0.799. The third-order valence-electron chi connectivity index (χ3n) is 3.69. The summed E-state index contributed by atoms with van der Waals surface area (Å²) in [6, 6.07) is 5.61. The largest absolute Gasteiger partial charge is 0.465 e. The third kappa shape index (κ3) is 3.81. The van der Waals surface area contributed by atoms with Gasteiger partial charge < -0.3 is 9.84 Å². The van der Waals surface area contributed by atoms with Gasteiger partial charge in [-0.3, -0.25) is 0 Å². The minimum absolute atomic E-state index is 0.0161. The lowest BCUT2D eigenvalue weighted by molar-refractivity contribution is 0.0531. The summed E-state index contributed by atoms with van der Waals surface area (Å²) in [6.45, 7) is -0.0161. The molecule has 116 valence electrons. The molecule has 1 fully saturated rings. The number of rotatable bonds is 5. The number of methoxy groups -OCH3 is 1. The van der Waals surface area contributed by atoms with Crippen molar-refractivity contribution in [1.82, 2.24) is 4.72 Å². The molecule has 1 aliphatic carbocycles. The van der Waals surface area contributed by atoms with E-state index in [1.54, 1.807) is 0 Å². The van der Waals surface area contributed by atoms with Gasteiger partial charge in [-0.1, -0.05) is 18.9 Å². The average Bonchev–Trinajstić information content (AvgIpc) is 2.92. The lowest BCUT2D eigenvalue weighted by Crippen LogP contribution is -2.40. The average molecular weight is 313 g/mol. The highest BCUT2D eigenvalue weighted by Crippen LogP contribution is 2.29. The van der Waals surface area contributed by atoms with Gasteiger partial charge in [0.2, 0.25) is 10.0 Å². The molecule has 0 spiro atoms. The van der Waals surface area contributed by atoms with E-state index in [4.69, 9.17) is 0 Å². The number of ether oxygens (including phenoxy) is 1. The van der Waals surface area contributed by atoms with Crippen molar-refractivity contribution in [2.45, 2.75) is 36.2 Å². The van der Waals surface area contributed by atoms with Crippen LogP contribution in [0.4, 0.5) is 0 Å². The molecular weight excluding hydrogens is 294 g/mol. The highest BCUT2D eigenvalue weighted by Gasteiger charge is 2.32. The zero-order valence-electron chi connectivity index (χ0n) is 11.8. The van der Waals surface area contributed by atoms with Crippen molar-refractivity contribution >= 4 is 16.0 Å². The molecule has 0 amide bonds. The molecule has 0 unspecified atom stereocenters. The Morgan fingerprint density at radius 2 is 2.05 bits per heavy atom. The Hall–Kier alpha value is -1.44. The Balaban J connectivity index is 2.14. The number of carbonyl (C=O) groups excluding carboxylic acids is 1. The minimum Gasteiger partial charge on any atom is -0.465 e. The maximum atomic E-state index is 12.2. The van der Waals surface area contributed by atoms with Crippen molar-refractivity contribution in [3.8, 4) is 0 Å². The van der Waals surface area contributed by atoms with Crippen molar-refractivity contribution in [3.05, 3.63) is 29.8 Å². The summed E-state index contributed by atoms with van der Waals surface area (Å²) in [5, 5.41) is 10.2. The molecule has 6 nitrogen and oxygen atoms in total. The van der Waals surface area contributed by atoms with Crippen LogP contribution in [0.25, 0.3) is 0 Å². The van der Waals surface area contributed by atoms with Crippen LogP contribution >= 0.6 is 0 Å². The fourth-order valence-electron chi connectivity index (χ4n) is 2.43. The van der Waals surface area contributed by atoms with Gasteiger partial charge in [-0.15, -0.1) is 0 Å². The quantitative estimate of drug-likeness (QED) is 0.793. The molecule has 0 atom stereocenters. The van der Waals surface area contributed by atoms with E-state index in [-0.39, 0.29) is 17.0 Å².